The number of rotatable bonds is 10. The second-order valence-electron chi connectivity index (χ2n) is 10.4. The highest BCUT2D eigenvalue weighted by molar-refractivity contribution is 6.16. The van der Waals surface area contributed by atoms with Gasteiger partial charge in [0.2, 0.25) is 0 Å². The van der Waals surface area contributed by atoms with Crippen LogP contribution in [0.1, 0.15) is 119 Å². The van der Waals surface area contributed by atoms with Gasteiger partial charge in [0, 0.05) is 22.3 Å². The largest absolute Gasteiger partial charge is 0.289 e. The van der Waals surface area contributed by atoms with Crippen LogP contribution in [-0.4, -0.2) is 11.6 Å². The van der Waals surface area contributed by atoms with Gasteiger partial charge in [-0.2, -0.15) is 0 Å². The zero-order chi connectivity index (χ0) is 25.1. The number of fused-ring (bicyclic) bond motifs is 4. The first-order chi connectivity index (χ1) is 17.6. The molecule has 0 bridgehead atoms. The van der Waals surface area contributed by atoms with Crippen LogP contribution in [0.25, 0.3) is 12.2 Å². The second-order valence-corrected chi connectivity index (χ2v) is 10.4. The van der Waals surface area contributed by atoms with Gasteiger partial charge in [0.15, 0.2) is 11.6 Å². The van der Waals surface area contributed by atoms with Gasteiger partial charge in [0.25, 0.3) is 0 Å². The second kappa shape index (κ2) is 10.8. The van der Waals surface area contributed by atoms with E-state index in [1.165, 1.54) is 49.7 Å². The van der Waals surface area contributed by atoms with E-state index in [0.717, 1.165) is 58.4 Å². The molecule has 2 heteroatoms. The van der Waals surface area contributed by atoms with Gasteiger partial charge in [-0.05, 0) is 94.8 Å². The first kappa shape index (κ1) is 24.4. The molecule has 2 aliphatic carbocycles. The molecule has 0 N–H and O–H groups in total. The lowest BCUT2D eigenvalue weighted by Crippen LogP contribution is -2.31. The normalized spacial score (nSPS) is 13.3. The van der Waals surface area contributed by atoms with E-state index in [4.69, 9.17) is 0 Å². The number of carbonyl (C=O) groups excluding carboxylic acids is 2. The number of hydrogen-bond acceptors (Lipinski definition) is 2. The lowest BCUT2D eigenvalue weighted by molar-refractivity contribution is 0.102. The van der Waals surface area contributed by atoms with E-state index in [1.807, 2.05) is 12.1 Å². The molecule has 3 aromatic carbocycles. The van der Waals surface area contributed by atoms with Gasteiger partial charge in [0.05, 0.1) is 0 Å². The van der Waals surface area contributed by atoms with Crippen LogP contribution >= 0.6 is 0 Å². The molecular formula is C34H36O2. The SMILES string of the molecule is CCCCCCc1ccc2c(c1)C(=O)c1cc3c(cc1=C2)C(=O)c1cc(CCCCCC)ccc1C=3. The molecule has 2 aliphatic rings. The van der Waals surface area contributed by atoms with E-state index in [9.17, 15) is 9.59 Å². The molecule has 0 saturated heterocycles. The average Bonchev–Trinajstić information content (AvgIpc) is 2.89. The van der Waals surface area contributed by atoms with E-state index in [2.05, 4.69) is 62.4 Å². The number of hydrogen-bond donors (Lipinski definition) is 0. The number of benzene rings is 3. The van der Waals surface area contributed by atoms with E-state index in [-0.39, 0.29) is 11.6 Å². The van der Waals surface area contributed by atoms with E-state index < -0.39 is 0 Å². The van der Waals surface area contributed by atoms with E-state index in [0.29, 0.717) is 11.1 Å². The summed E-state index contributed by atoms with van der Waals surface area (Å²) in [6.45, 7) is 4.44. The van der Waals surface area contributed by atoms with Crippen molar-refractivity contribution in [2.75, 3.05) is 0 Å². The summed E-state index contributed by atoms with van der Waals surface area (Å²) in [4.78, 5) is 27.0. The fourth-order valence-corrected chi connectivity index (χ4v) is 5.57. The molecule has 0 aliphatic heterocycles. The molecule has 36 heavy (non-hydrogen) atoms. The summed E-state index contributed by atoms with van der Waals surface area (Å²) in [5.74, 6) is 0.129. The highest BCUT2D eigenvalue weighted by Crippen LogP contribution is 2.24. The third-order valence-corrected chi connectivity index (χ3v) is 7.70. The molecule has 0 amide bonds. The van der Waals surface area contributed by atoms with Crippen molar-refractivity contribution in [1.29, 1.82) is 0 Å². The van der Waals surface area contributed by atoms with Gasteiger partial charge in [-0.3, -0.25) is 9.59 Å². The fourth-order valence-electron chi connectivity index (χ4n) is 5.57. The van der Waals surface area contributed by atoms with Crippen LogP contribution in [0, 0.1) is 0 Å². The third kappa shape index (κ3) is 4.87. The Morgan fingerprint density at radius 1 is 0.500 bits per heavy atom. The average molecular weight is 477 g/mol. The Morgan fingerprint density at radius 3 is 1.36 bits per heavy atom. The van der Waals surface area contributed by atoms with Crippen LogP contribution in [0.2, 0.25) is 0 Å². The van der Waals surface area contributed by atoms with Crippen molar-refractivity contribution in [1.82, 2.24) is 0 Å². The van der Waals surface area contributed by atoms with Crippen molar-refractivity contribution in [3.8, 4) is 0 Å². The minimum absolute atomic E-state index is 0.0646. The molecular weight excluding hydrogens is 440 g/mol. The maximum atomic E-state index is 13.5. The maximum Gasteiger partial charge on any atom is 0.194 e. The molecule has 2 nitrogen and oxygen atoms in total. The number of unbranched alkanes of at least 4 members (excludes halogenated alkanes) is 6. The van der Waals surface area contributed by atoms with Crippen LogP contribution in [0.15, 0.2) is 48.5 Å². The number of ketones is 2. The lowest BCUT2D eigenvalue weighted by Gasteiger charge is -2.18. The van der Waals surface area contributed by atoms with Crippen LogP contribution in [0.5, 0.6) is 0 Å². The minimum Gasteiger partial charge on any atom is -0.289 e. The summed E-state index contributed by atoms with van der Waals surface area (Å²) < 4.78 is 0. The Balaban J connectivity index is 1.45. The van der Waals surface area contributed by atoms with Crippen LogP contribution in [-0.2, 0) is 12.8 Å². The van der Waals surface area contributed by atoms with Crippen molar-refractivity contribution >= 4 is 23.7 Å². The van der Waals surface area contributed by atoms with Gasteiger partial charge >= 0.3 is 0 Å². The highest BCUT2D eigenvalue weighted by atomic mass is 16.1. The molecule has 3 aromatic rings. The van der Waals surface area contributed by atoms with E-state index >= 15 is 0 Å². The Hall–Kier alpha value is -3.26. The topological polar surface area (TPSA) is 34.1 Å². The molecule has 0 radical (unpaired) electrons. The van der Waals surface area contributed by atoms with Crippen molar-refractivity contribution in [3.63, 3.8) is 0 Å². The number of carbonyl (C=O) groups is 2. The summed E-state index contributed by atoms with van der Waals surface area (Å²) in [5.41, 5.74) is 7.33. The van der Waals surface area contributed by atoms with Crippen molar-refractivity contribution < 1.29 is 9.59 Å². The first-order valence-corrected chi connectivity index (χ1v) is 13.8. The Kier molecular flexibility index (Phi) is 7.32. The van der Waals surface area contributed by atoms with Gasteiger partial charge < -0.3 is 0 Å². The molecule has 0 unspecified atom stereocenters. The molecule has 5 rings (SSSR count). The maximum absolute atomic E-state index is 13.5. The van der Waals surface area contributed by atoms with Crippen molar-refractivity contribution in [3.05, 3.63) is 103 Å². The third-order valence-electron chi connectivity index (χ3n) is 7.70. The quantitative estimate of drug-likeness (QED) is 0.211. The Morgan fingerprint density at radius 2 is 0.944 bits per heavy atom. The summed E-state index contributed by atoms with van der Waals surface area (Å²) >= 11 is 0. The lowest BCUT2D eigenvalue weighted by atomic mass is 9.84. The number of aryl methyl sites for hydroxylation is 2. The summed E-state index contributed by atoms with van der Waals surface area (Å²) in [5, 5.41) is 1.70. The molecule has 0 saturated carbocycles. The van der Waals surface area contributed by atoms with E-state index in [1.54, 1.807) is 0 Å². The monoisotopic (exact) mass is 476 g/mol. The van der Waals surface area contributed by atoms with Gasteiger partial charge in [-0.25, -0.2) is 0 Å². The summed E-state index contributed by atoms with van der Waals surface area (Å²) in [7, 11) is 0. The van der Waals surface area contributed by atoms with Crippen LogP contribution in [0.3, 0.4) is 0 Å². The standard InChI is InChI=1S/C34H36O2/c1-3-5-7-9-11-23-13-15-25-19-27-22-32-28(21-31(27)33(35)29(25)17-23)20-26-16-14-24(12-10-8-6-4-2)18-30(26)34(32)36/h13-22H,3-12H2,1-2H3. The van der Waals surface area contributed by atoms with Crippen molar-refractivity contribution in [2.45, 2.75) is 78.1 Å². The smallest absolute Gasteiger partial charge is 0.194 e. The van der Waals surface area contributed by atoms with Gasteiger partial charge in [-0.15, -0.1) is 0 Å². The van der Waals surface area contributed by atoms with Crippen LogP contribution in [0.4, 0.5) is 0 Å². The molecule has 0 aromatic heterocycles. The predicted octanol–water partition coefficient (Wildman–Crippen LogP) is 6.68. The molecule has 184 valence electrons. The Bertz CT molecular complexity index is 1330. The predicted molar refractivity (Wildman–Crippen MR) is 148 cm³/mol. The molecule has 0 atom stereocenters. The zero-order valence-electron chi connectivity index (χ0n) is 21.7. The highest BCUT2D eigenvalue weighted by Gasteiger charge is 2.24. The van der Waals surface area contributed by atoms with Gasteiger partial charge in [-0.1, -0.05) is 76.6 Å². The molecule has 0 heterocycles. The van der Waals surface area contributed by atoms with Crippen molar-refractivity contribution in [2.24, 2.45) is 0 Å². The summed E-state index contributed by atoms with van der Waals surface area (Å²) in [6.07, 6.45) is 15.9. The minimum atomic E-state index is 0.0646. The zero-order valence-corrected chi connectivity index (χ0v) is 21.7. The molecule has 0 spiro atoms. The Labute approximate surface area is 214 Å². The summed E-state index contributed by atoms with van der Waals surface area (Å²) in [6, 6.07) is 16.4. The first-order valence-electron chi connectivity index (χ1n) is 13.8. The van der Waals surface area contributed by atoms with Crippen LogP contribution < -0.4 is 10.4 Å². The van der Waals surface area contributed by atoms with Gasteiger partial charge in [0.1, 0.15) is 0 Å². The fraction of sp³-hybridized carbons (Fsp3) is 0.353. The molecule has 0 fully saturated rings.